The third-order valence-corrected chi connectivity index (χ3v) is 4.88. The van der Waals surface area contributed by atoms with Gasteiger partial charge in [-0.05, 0) is 44.7 Å². The molecule has 0 aromatic heterocycles. The predicted octanol–water partition coefficient (Wildman–Crippen LogP) is 2.01. The smallest absolute Gasteiger partial charge is 0.232 e. The van der Waals surface area contributed by atoms with Crippen molar-refractivity contribution in [2.75, 3.05) is 26.2 Å². The Hall–Kier alpha value is -1.59. The molecule has 6 heteroatoms. The lowest BCUT2D eigenvalue weighted by atomic mass is 9.80. The number of benzene rings is 1. The first-order chi connectivity index (χ1) is 11.4. The van der Waals surface area contributed by atoms with Gasteiger partial charge >= 0.3 is 0 Å². The molecule has 1 heterocycles. The van der Waals surface area contributed by atoms with Crippen LogP contribution >= 0.6 is 12.4 Å². The molecule has 2 rings (SSSR count). The lowest BCUT2D eigenvalue weighted by molar-refractivity contribution is -0.140. The van der Waals surface area contributed by atoms with Gasteiger partial charge in [0, 0.05) is 26.2 Å². The van der Waals surface area contributed by atoms with Crippen molar-refractivity contribution in [2.24, 2.45) is 11.7 Å². The van der Waals surface area contributed by atoms with Crippen LogP contribution in [0.2, 0.25) is 0 Å². The highest BCUT2D eigenvalue weighted by atomic mass is 35.5. The molecule has 0 aliphatic carbocycles. The van der Waals surface area contributed by atoms with E-state index in [1.165, 1.54) is 0 Å². The topological polar surface area (TPSA) is 75.4 Å². The molecule has 1 saturated heterocycles. The summed E-state index contributed by atoms with van der Waals surface area (Å²) in [5.41, 5.74) is 7.00. The summed E-state index contributed by atoms with van der Waals surface area (Å²) in [4.78, 5) is 27.2. The maximum atomic E-state index is 13.1. The lowest BCUT2D eigenvalue weighted by Crippen LogP contribution is -2.51. The minimum atomic E-state index is -0.596. The second-order valence-corrected chi connectivity index (χ2v) is 7.11. The molecule has 140 valence electrons. The van der Waals surface area contributed by atoms with Gasteiger partial charge < -0.3 is 16.0 Å². The number of aryl methyl sites for hydroxylation is 1. The van der Waals surface area contributed by atoms with Gasteiger partial charge in [-0.15, -0.1) is 12.4 Å². The first-order valence-electron chi connectivity index (χ1n) is 8.71. The summed E-state index contributed by atoms with van der Waals surface area (Å²) in [5.74, 6) is -0.0401. The van der Waals surface area contributed by atoms with Crippen molar-refractivity contribution in [3.05, 3.63) is 35.4 Å². The Bertz CT molecular complexity index is 604. The van der Waals surface area contributed by atoms with Gasteiger partial charge in [0.15, 0.2) is 0 Å². The van der Waals surface area contributed by atoms with E-state index in [1.54, 1.807) is 0 Å². The molecule has 1 unspecified atom stereocenters. The highest BCUT2D eigenvalue weighted by molar-refractivity contribution is 5.88. The number of amides is 2. The number of likely N-dealkylation sites (tertiary alicyclic amines) is 1. The average molecular weight is 368 g/mol. The minimum absolute atomic E-state index is 0. The zero-order chi connectivity index (χ0) is 17.7. The Labute approximate surface area is 156 Å². The van der Waals surface area contributed by atoms with Crippen LogP contribution in [-0.4, -0.2) is 42.9 Å². The van der Waals surface area contributed by atoms with E-state index in [0.717, 1.165) is 30.5 Å². The van der Waals surface area contributed by atoms with Crippen LogP contribution in [0.15, 0.2) is 24.3 Å². The zero-order valence-electron chi connectivity index (χ0n) is 15.4. The van der Waals surface area contributed by atoms with Crippen LogP contribution in [0.25, 0.3) is 0 Å². The number of nitrogens with two attached hydrogens (primary N) is 1. The van der Waals surface area contributed by atoms with Crippen molar-refractivity contribution in [2.45, 2.75) is 39.0 Å². The largest absolute Gasteiger partial charge is 0.355 e. The van der Waals surface area contributed by atoms with Crippen LogP contribution < -0.4 is 11.1 Å². The van der Waals surface area contributed by atoms with Crippen LogP contribution in [0.3, 0.4) is 0 Å². The summed E-state index contributed by atoms with van der Waals surface area (Å²) in [6.07, 6.45) is 1.68. The molecule has 0 radical (unpaired) electrons. The molecule has 0 bridgehead atoms. The van der Waals surface area contributed by atoms with Crippen molar-refractivity contribution in [3.8, 4) is 0 Å². The monoisotopic (exact) mass is 367 g/mol. The van der Waals surface area contributed by atoms with Crippen molar-refractivity contribution < 1.29 is 9.59 Å². The highest BCUT2D eigenvalue weighted by Gasteiger charge is 2.37. The van der Waals surface area contributed by atoms with Crippen LogP contribution in [0.4, 0.5) is 0 Å². The number of nitrogens with zero attached hydrogens (tertiary/aromatic N) is 1. The van der Waals surface area contributed by atoms with E-state index in [2.05, 4.69) is 5.32 Å². The number of hydrogen-bond acceptors (Lipinski definition) is 3. The molecule has 1 atom stereocenters. The Morgan fingerprint density at radius 3 is 2.64 bits per heavy atom. The van der Waals surface area contributed by atoms with Gasteiger partial charge in [0.05, 0.1) is 11.3 Å². The van der Waals surface area contributed by atoms with Crippen LogP contribution in [0.1, 0.15) is 37.8 Å². The Balaban J connectivity index is 0.00000312. The van der Waals surface area contributed by atoms with Gasteiger partial charge in [0.2, 0.25) is 11.8 Å². The zero-order valence-corrected chi connectivity index (χ0v) is 16.2. The van der Waals surface area contributed by atoms with Crippen LogP contribution in [0, 0.1) is 12.8 Å². The minimum Gasteiger partial charge on any atom is -0.355 e. The van der Waals surface area contributed by atoms with Crippen molar-refractivity contribution >= 4 is 24.2 Å². The lowest BCUT2D eigenvalue weighted by Gasteiger charge is -2.37. The van der Waals surface area contributed by atoms with Gasteiger partial charge in [-0.2, -0.15) is 0 Å². The maximum Gasteiger partial charge on any atom is 0.232 e. The number of rotatable bonds is 5. The van der Waals surface area contributed by atoms with Gasteiger partial charge in [0.25, 0.3) is 0 Å². The predicted molar refractivity (Wildman–Crippen MR) is 103 cm³/mol. The molecule has 2 amide bonds. The molecule has 0 spiro atoms. The van der Waals surface area contributed by atoms with E-state index < -0.39 is 5.41 Å². The fourth-order valence-electron chi connectivity index (χ4n) is 3.50. The highest BCUT2D eigenvalue weighted by Crippen LogP contribution is 2.30. The van der Waals surface area contributed by atoms with Crippen molar-refractivity contribution in [1.82, 2.24) is 10.2 Å². The summed E-state index contributed by atoms with van der Waals surface area (Å²) in [5, 5.41) is 2.84. The second-order valence-electron chi connectivity index (χ2n) is 7.11. The molecular formula is C19H30ClN3O2. The summed E-state index contributed by atoms with van der Waals surface area (Å²) >= 11 is 0. The van der Waals surface area contributed by atoms with Crippen molar-refractivity contribution in [3.63, 3.8) is 0 Å². The number of halogens is 1. The second kappa shape index (κ2) is 9.20. The molecule has 5 nitrogen and oxygen atoms in total. The number of nitrogens with one attached hydrogen (secondary N) is 1. The number of carbonyl (C=O) groups excluding carboxylic acids is 2. The summed E-state index contributed by atoms with van der Waals surface area (Å²) in [7, 11) is 0. The van der Waals surface area contributed by atoms with Crippen LogP contribution in [0.5, 0.6) is 0 Å². The molecule has 1 aliphatic heterocycles. The summed E-state index contributed by atoms with van der Waals surface area (Å²) in [6, 6.07) is 8.00. The SMILES string of the molecule is Cc1ccccc1C(C)(C)C(=O)N1CCCC(C(=O)NCCN)C1.Cl. The Morgan fingerprint density at radius 2 is 2.00 bits per heavy atom. The van der Waals surface area contributed by atoms with Crippen molar-refractivity contribution in [1.29, 1.82) is 0 Å². The van der Waals surface area contributed by atoms with E-state index in [0.29, 0.717) is 19.6 Å². The maximum absolute atomic E-state index is 13.1. The first-order valence-corrected chi connectivity index (χ1v) is 8.71. The van der Waals surface area contributed by atoms with Gasteiger partial charge in [-0.1, -0.05) is 24.3 Å². The van der Waals surface area contributed by atoms with Gasteiger partial charge in [0.1, 0.15) is 0 Å². The molecule has 1 aromatic carbocycles. The molecule has 1 fully saturated rings. The average Bonchev–Trinajstić information content (AvgIpc) is 2.59. The van der Waals surface area contributed by atoms with E-state index in [1.807, 2.05) is 49.9 Å². The fourth-order valence-corrected chi connectivity index (χ4v) is 3.50. The summed E-state index contributed by atoms with van der Waals surface area (Å²) in [6.45, 7) is 8.09. The third kappa shape index (κ3) is 4.95. The normalized spacial score (nSPS) is 17.6. The molecule has 0 saturated carbocycles. The van der Waals surface area contributed by atoms with E-state index in [-0.39, 0.29) is 30.1 Å². The van der Waals surface area contributed by atoms with Crippen LogP contribution in [-0.2, 0) is 15.0 Å². The molecule has 3 N–H and O–H groups in total. The number of piperidine rings is 1. The Morgan fingerprint density at radius 1 is 1.32 bits per heavy atom. The standard InChI is InChI=1S/C19H29N3O2.ClH/c1-14-7-4-5-9-16(14)19(2,3)18(24)22-12-6-8-15(13-22)17(23)21-11-10-20;/h4-5,7,9,15H,6,8,10-13,20H2,1-3H3,(H,21,23);1H. The number of carbonyl (C=O) groups is 2. The quantitative estimate of drug-likeness (QED) is 0.835. The van der Waals surface area contributed by atoms with E-state index in [4.69, 9.17) is 5.73 Å². The van der Waals surface area contributed by atoms with Gasteiger partial charge in [-0.3, -0.25) is 9.59 Å². The molecule has 25 heavy (non-hydrogen) atoms. The van der Waals surface area contributed by atoms with E-state index in [9.17, 15) is 9.59 Å². The molecule has 1 aromatic rings. The van der Waals surface area contributed by atoms with Gasteiger partial charge in [-0.25, -0.2) is 0 Å². The number of hydrogen-bond donors (Lipinski definition) is 2. The summed E-state index contributed by atoms with van der Waals surface area (Å²) < 4.78 is 0. The fraction of sp³-hybridized carbons (Fsp3) is 0.579. The first kappa shape index (κ1) is 21.5. The molecule has 1 aliphatic rings. The third-order valence-electron chi connectivity index (χ3n) is 4.88. The molecular weight excluding hydrogens is 338 g/mol. The Kier molecular flexibility index (Phi) is 7.90. The van der Waals surface area contributed by atoms with E-state index >= 15 is 0 Å².